The Kier molecular flexibility index (Phi) is 14.9. The second-order valence-electron chi connectivity index (χ2n) is 3.45. The molecule has 1 atom stereocenters. The van der Waals surface area contributed by atoms with E-state index in [-0.39, 0.29) is 5.52 Å². The van der Waals surface area contributed by atoms with E-state index in [1.807, 2.05) is 0 Å². The summed E-state index contributed by atoms with van der Waals surface area (Å²) in [6.45, 7) is 4.73. The van der Waals surface area contributed by atoms with Crippen molar-refractivity contribution in [1.82, 2.24) is 0 Å². The normalized spacial score (nSPS) is 10.8. The monoisotopic (exact) mass is 281 g/mol. The molecule has 0 spiro atoms. The maximum absolute atomic E-state index is 10.6. The van der Waals surface area contributed by atoms with Gasteiger partial charge in [0.15, 0.2) is 5.52 Å². The first-order chi connectivity index (χ1) is 8.77. The van der Waals surface area contributed by atoms with Crippen LogP contribution in [-0.4, -0.2) is 64.9 Å². The Labute approximate surface area is 111 Å². The molecule has 0 saturated heterocycles. The third kappa shape index (κ3) is 15.9. The van der Waals surface area contributed by atoms with Gasteiger partial charge in [0.05, 0.1) is 52.9 Å². The van der Waals surface area contributed by atoms with E-state index in [4.69, 9.17) is 24.7 Å². The van der Waals surface area contributed by atoms with Crippen molar-refractivity contribution < 1.29 is 23.7 Å². The highest BCUT2D eigenvalue weighted by Crippen LogP contribution is 1.92. The Morgan fingerprint density at radius 1 is 0.778 bits per heavy atom. The molecule has 1 unspecified atom stereocenters. The lowest BCUT2D eigenvalue weighted by Crippen LogP contribution is -2.14. The summed E-state index contributed by atoms with van der Waals surface area (Å²) < 4.78 is 20.8. The molecule has 0 radical (unpaired) electrons. The van der Waals surface area contributed by atoms with E-state index in [1.165, 1.54) is 0 Å². The van der Waals surface area contributed by atoms with Crippen molar-refractivity contribution in [3.05, 3.63) is 0 Å². The van der Waals surface area contributed by atoms with E-state index >= 15 is 0 Å². The van der Waals surface area contributed by atoms with Crippen molar-refractivity contribution in [1.29, 1.82) is 0 Å². The standard InChI is InChI=1S/C11H24NO5P/c12-2-4-15-6-8-17-10-9-16-7-5-14-3-1-11(13)18/h1-10,12,18H2. The molecule has 0 fully saturated rings. The quantitative estimate of drug-likeness (QED) is 0.351. The average Bonchev–Trinajstić information content (AvgIpc) is 2.34. The summed E-state index contributed by atoms with van der Waals surface area (Å²) >= 11 is 0. The van der Waals surface area contributed by atoms with Crippen LogP contribution in [0.25, 0.3) is 0 Å². The summed E-state index contributed by atoms with van der Waals surface area (Å²) in [5, 5.41) is 0. The van der Waals surface area contributed by atoms with Crippen molar-refractivity contribution in [3.8, 4) is 0 Å². The number of hydrogen-bond acceptors (Lipinski definition) is 6. The number of carbonyl (C=O) groups is 1. The van der Waals surface area contributed by atoms with Crippen LogP contribution >= 0.6 is 9.24 Å². The largest absolute Gasteiger partial charge is 0.379 e. The number of nitrogens with two attached hydrogens (primary N) is 1. The zero-order valence-corrected chi connectivity index (χ0v) is 11.9. The van der Waals surface area contributed by atoms with Gasteiger partial charge >= 0.3 is 0 Å². The molecule has 0 aliphatic carbocycles. The Hall–Kier alpha value is -0.100. The molecule has 2 N–H and O–H groups in total. The fraction of sp³-hybridized carbons (Fsp3) is 0.909. The van der Waals surface area contributed by atoms with Gasteiger partial charge in [-0.3, -0.25) is 4.79 Å². The third-order valence-electron chi connectivity index (χ3n) is 1.87. The molecule has 108 valence electrons. The van der Waals surface area contributed by atoms with E-state index in [0.29, 0.717) is 65.8 Å². The predicted octanol–water partition coefficient (Wildman–Crippen LogP) is -0.197. The van der Waals surface area contributed by atoms with Crippen LogP contribution in [0.1, 0.15) is 6.42 Å². The van der Waals surface area contributed by atoms with E-state index in [0.717, 1.165) is 0 Å². The second-order valence-corrected chi connectivity index (χ2v) is 4.10. The molecular formula is C11H24NO5P. The number of hydrogen-bond donors (Lipinski definition) is 1. The first-order valence-electron chi connectivity index (χ1n) is 6.06. The molecule has 0 aliphatic rings. The zero-order valence-electron chi connectivity index (χ0n) is 10.8. The lowest BCUT2D eigenvalue weighted by atomic mass is 10.5. The molecule has 0 rings (SSSR count). The van der Waals surface area contributed by atoms with Crippen LogP contribution in [0.2, 0.25) is 0 Å². The second kappa shape index (κ2) is 15.0. The molecule has 0 saturated carbocycles. The van der Waals surface area contributed by atoms with Crippen LogP contribution in [0.3, 0.4) is 0 Å². The molecule has 0 heterocycles. The SMILES string of the molecule is NCCOCCOCCOCCOCCC(=O)P. The lowest BCUT2D eigenvalue weighted by Gasteiger charge is -2.06. The maximum atomic E-state index is 10.6. The van der Waals surface area contributed by atoms with Gasteiger partial charge < -0.3 is 24.7 Å². The first kappa shape index (κ1) is 17.9. The Balaban J connectivity index is 2.92. The number of carbonyl (C=O) groups excluding carboxylic acids is 1. The molecule has 7 heteroatoms. The van der Waals surface area contributed by atoms with Crippen molar-refractivity contribution in [2.24, 2.45) is 5.73 Å². The fourth-order valence-electron chi connectivity index (χ4n) is 1.02. The van der Waals surface area contributed by atoms with Crippen molar-refractivity contribution in [3.63, 3.8) is 0 Å². The Morgan fingerprint density at radius 2 is 1.17 bits per heavy atom. The molecule has 0 bridgehead atoms. The minimum Gasteiger partial charge on any atom is -0.379 e. The van der Waals surface area contributed by atoms with Crippen LogP contribution in [-0.2, 0) is 23.7 Å². The van der Waals surface area contributed by atoms with Gasteiger partial charge in [0.25, 0.3) is 0 Å². The molecule has 0 aliphatic heterocycles. The highest BCUT2D eigenvalue weighted by atomic mass is 31.0. The Morgan fingerprint density at radius 3 is 1.56 bits per heavy atom. The van der Waals surface area contributed by atoms with Gasteiger partial charge in [0.1, 0.15) is 0 Å². The zero-order chi connectivity index (χ0) is 13.5. The number of ether oxygens (including phenoxy) is 4. The molecule has 0 aromatic rings. The topological polar surface area (TPSA) is 80.0 Å². The van der Waals surface area contributed by atoms with Crippen molar-refractivity contribution in [2.75, 3.05) is 59.4 Å². The average molecular weight is 281 g/mol. The third-order valence-corrected chi connectivity index (χ3v) is 2.16. The van der Waals surface area contributed by atoms with E-state index in [9.17, 15) is 4.79 Å². The highest BCUT2D eigenvalue weighted by molar-refractivity contribution is 7.40. The minimum absolute atomic E-state index is 0.0566. The molecule has 6 nitrogen and oxygen atoms in total. The summed E-state index contributed by atoms with van der Waals surface area (Å²) in [5.41, 5.74) is 5.31. The molecule has 0 aromatic carbocycles. The fourth-order valence-corrected chi connectivity index (χ4v) is 1.14. The van der Waals surface area contributed by atoms with Crippen LogP contribution in [0, 0.1) is 0 Å². The predicted molar refractivity (Wildman–Crippen MR) is 71.7 cm³/mol. The molecule has 18 heavy (non-hydrogen) atoms. The summed E-state index contributed by atoms with van der Waals surface area (Å²) in [6.07, 6.45) is 0.427. The van der Waals surface area contributed by atoms with Gasteiger partial charge in [-0.15, -0.1) is 0 Å². The van der Waals surface area contributed by atoms with Crippen LogP contribution in [0.15, 0.2) is 0 Å². The molecular weight excluding hydrogens is 257 g/mol. The van der Waals surface area contributed by atoms with Crippen LogP contribution < -0.4 is 5.73 Å². The van der Waals surface area contributed by atoms with Crippen LogP contribution in [0.5, 0.6) is 0 Å². The van der Waals surface area contributed by atoms with Gasteiger partial charge in [-0.05, 0) is 0 Å². The van der Waals surface area contributed by atoms with E-state index < -0.39 is 0 Å². The smallest absolute Gasteiger partial charge is 0.150 e. The van der Waals surface area contributed by atoms with Gasteiger partial charge in [-0.25, -0.2) is 0 Å². The van der Waals surface area contributed by atoms with Crippen molar-refractivity contribution in [2.45, 2.75) is 6.42 Å². The van der Waals surface area contributed by atoms with Crippen LogP contribution in [0.4, 0.5) is 0 Å². The maximum Gasteiger partial charge on any atom is 0.150 e. The molecule has 0 aromatic heterocycles. The van der Waals surface area contributed by atoms with Gasteiger partial charge in [0, 0.05) is 13.0 Å². The first-order valence-corrected chi connectivity index (χ1v) is 6.64. The van der Waals surface area contributed by atoms with E-state index in [2.05, 4.69) is 9.24 Å². The number of rotatable bonds is 14. The van der Waals surface area contributed by atoms with Gasteiger partial charge in [-0.2, -0.15) is 0 Å². The summed E-state index contributed by atoms with van der Waals surface area (Å²) in [7, 11) is 2.12. The summed E-state index contributed by atoms with van der Waals surface area (Å²) in [5.74, 6) is 0. The lowest BCUT2D eigenvalue weighted by molar-refractivity contribution is -0.112. The summed E-state index contributed by atoms with van der Waals surface area (Å²) in [6, 6.07) is 0. The highest BCUT2D eigenvalue weighted by Gasteiger charge is 1.94. The molecule has 0 amide bonds. The van der Waals surface area contributed by atoms with Gasteiger partial charge in [0.2, 0.25) is 0 Å². The minimum atomic E-state index is 0.0566. The Bertz CT molecular complexity index is 194. The van der Waals surface area contributed by atoms with Crippen molar-refractivity contribution >= 4 is 14.8 Å². The van der Waals surface area contributed by atoms with E-state index in [1.54, 1.807) is 0 Å². The van der Waals surface area contributed by atoms with Gasteiger partial charge in [-0.1, -0.05) is 9.24 Å². The summed E-state index contributed by atoms with van der Waals surface area (Å²) in [4.78, 5) is 10.6.